The van der Waals surface area contributed by atoms with E-state index in [1.807, 2.05) is 30.3 Å². The van der Waals surface area contributed by atoms with Crippen LogP contribution < -0.4 is 5.32 Å². The third-order valence-corrected chi connectivity index (χ3v) is 6.99. The van der Waals surface area contributed by atoms with Crippen molar-refractivity contribution in [3.63, 3.8) is 0 Å². The second-order valence-corrected chi connectivity index (χ2v) is 8.95. The predicted molar refractivity (Wildman–Crippen MR) is 93.0 cm³/mol. The fraction of sp³-hybridized carbons (Fsp3) is 0.588. The topological polar surface area (TPSA) is 69.7 Å². The highest BCUT2D eigenvalue weighted by Gasteiger charge is 2.41. The summed E-state index contributed by atoms with van der Waals surface area (Å²) in [5, 5.41) is 2.79. The average molecular weight is 351 g/mol. The number of nitrogens with one attached hydrogen (secondary N) is 1. The largest absolute Gasteiger partial charge is 0.334 e. The van der Waals surface area contributed by atoms with Gasteiger partial charge in [-0.1, -0.05) is 30.3 Å². The lowest BCUT2D eigenvalue weighted by atomic mass is 10.1. The second-order valence-electron chi connectivity index (χ2n) is 6.73. The highest BCUT2D eigenvalue weighted by Crippen LogP contribution is 2.32. The standard InChI is InChI=1S/C17H25N3O3S/c1-19(12-14-6-3-2-4-7-14)17(21)18-15-8-5-11-20(13-15)24(22,23)16-9-10-16/h2-4,6-7,15-16H,5,8-13H2,1H3,(H,18,21)/t15-/m1/s1. The summed E-state index contributed by atoms with van der Waals surface area (Å²) in [5.74, 6) is 0. The smallest absolute Gasteiger partial charge is 0.317 e. The van der Waals surface area contributed by atoms with Crippen LogP contribution in [-0.4, -0.2) is 55.1 Å². The zero-order valence-electron chi connectivity index (χ0n) is 14.0. The lowest BCUT2D eigenvalue weighted by Gasteiger charge is -2.33. The molecule has 0 bridgehead atoms. The number of urea groups is 1. The maximum atomic E-state index is 12.4. The zero-order valence-corrected chi connectivity index (χ0v) is 14.8. The molecule has 0 spiro atoms. The first-order chi connectivity index (χ1) is 11.5. The van der Waals surface area contributed by atoms with Crippen LogP contribution in [0.2, 0.25) is 0 Å². The van der Waals surface area contributed by atoms with Gasteiger partial charge in [0.15, 0.2) is 0 Å². The molecule has 1 saturated heterocycles. The molecule has 2 amide bonds. The van der Waals surface area contributed by atoms with Crippen LogP contribution in [0.15, 0.2) is 30.3 Å². The molecule has 1 saturated carbocycles. The Morgan fingerprint density at radius 1 is 1.25 bits per heavy atom. The fourth-order valence-corrected chi connectivity index (χ4v) is 5.01. The van der Waals surface area contributed by atoms with Crippen LogP contribution in [0, 0.1) is 0 Å². The van der Waals surface area contributed by atoms with Gasteiger partial charge in [-0.3, -0.25) is 0 Å². The lowest BCUT2D eigenvalue weighted by molar-refractivity contribution is 0.194. The van der Waals surface area contributed by atoms with Gasteiger partial charge in [-0.05, 0) is 31.2 Å². The summed E-state index contributed by atoms with van der Waals surface area (Å²) < 4.78 is 26.3. The molecular weight excluding hydrogens is 326 g/mol. The van der Waals surface area contributed by atoms with E-state index >= 15 is 0 Å². The Labute approximate surface area is 143 Å². The lowest BCUT2D eigenvalue weighted by Crippen LogP contribution is -2.52. The van der Waals surface area contributed by atoms with E-state index in [1.165, 1.54) is 0 Å². The molecule has 1 atom stereocenters. The minimum atomic E-state index is -3.16. The van der Waals surface area contributed by atoms with Crippen molar-refractivity contribution in [1.29, 1.82) is 0 Å². The number of benzene rings is 1. The maximum Gasteiger partial charge on any atom is 0.317 e. The Bertz CT molecular complexity index is 674. The molecule has 0 radical (unpaired) electrons. The Morgan fingerprint density at radius 2 is 1.96 bits per heavy atom. The Balaban J connectivity index is 1.54. The number of nitrogens with zero attached hydrogens (tertiary/aromatic N) is 2. The monoisotopic (exact) mass is 351 g/mol. The number of sulfonamides is 1. The molecule has 1 aliphatic carbocycles. The van der Waals surface area contributed by atoms with Gasteiger partial charge in [0.05, 0.1) is 5.25 Å². The van der Waals surface area contributed by atoms with Crippen molar-refractivity contribution in [3.8, 4) is 0 Å². The third kappa shape index (κ3) is 4.08. The third-order valence-electron chi connectivity index (χ3n) is 4.63. The Morgan fingerprint density at radius 3 is 2.62 bits per heavy atom. The van der Waals surface area contributed by atoms with Gasteiger partial charge in [-0.25, -0.2) is 13.2 Å². The number of hydrogen-bond donors (Lipinski definition) is 1. The summed E-state index contributed by atoms with van der Waals surface area (Å²) in [7, 11) is -1.40. The van der Waals surface area contributed by atoms with E-state index in [2.05, 4.69) is 5.32 Å². The Kier molecular flexibility index (Phi) is 5.10. The van der Waals surface area contributed by atoms with Crippen LogP contribution in [0.4, 0.5) is 4.79 Å². The summed E-state index contributed by atoms with van der Waals surface area (Å²) in [6.07, 6.45) is 3.16. The van der Waals surface area contributed by atoms with E-state index in [4.69, 9.17) is 0 Å². The van der Waals surface area contributed by atoms with Crippen molar-refractivity contribution in [2.24, 2.45) is 0 Å². The van der Waals surface area contributed by atoms with E-state index in [-0.39, 0.29) is 17.3 Å². The summed E-state index contributed by atoms with van der Waals surface area (Å²) >= 11 is 0. The number of carbonyl (C=O) groups is 1. The molecule has 1 aromatic rings. The molecule has 2 aliphatic rings. The fourth-order valence-electron chi connectivity index (χ4n) is 3.08. The van der Waals surface area contributed by atoms with Crippen molar-refractivity contribution in [1.82, 2.24) is 14.5 Å². The normalized spacial score (nSPS) is 22.1. The highest BCUT2D eigenvalue weighted by molar-refractivity contribution is 7.90. The van der Waals surface area contributed by atoms with Gasteiger partial charge >= 0.3 is 6.03 Å². The van der Waals surface area contributed by atoms with E-state index in [0.717, 1.165) is 31.2 Å². The number of hydrogen-bond acceptors (Lipinski definition) is 3. The van der Waals surface area contributed by atoms with E-state index in [9.17, 15) is 13.2 Å². The van der Waals surface area contributed by atoms with Gasteiger partial charge in [0.25, 0.3) is 0 Å². The minimum Gasteiger partial charge on any atom is -0.334 e. The molecule has 3 rings (SSSR count). The molecule has 1 aliphatic heterocycles. The summed E-state index contributed by atoms with van der Waals surface area (Å²) in [5.41, 5.74) is 1.07. The van der Waals surface area contributed by atoms with Gasteiger partial charge in [0, 0.05) is 32.7 Å². The highest BCUT2D eigenvalue weighted by atomic mass is 32.2. The molecule has 2 fully saturated rings. The van der Waals surface area contributed by atoms with Gasteiger partial charge in [-0.15, -0.1) is 0 Å². The van der Waals surface area contributed by atoms with Crippen molar-refractivity contribution in [2.75, 3.05) is 20.1 Å². The first-order valence-electron chi connectivity index (χ1n) is 8.51. The number of amides is 2. The molecule has 7 heteroatoms. The quantitative estimate of drug-likeness (QED) is 0.879. The minimum absolute atomic E-state index is 0.113. The van der Waals surface area contributed by atoms with Crippen LogP contribution in [-0.2, 0) is 16.6 Å². The van der Waals surface area contributed by atoms with Crippen LogP contribution in [0.5, 0.6) is 0 Å². The van der Waals surface area contributed by atoms with Crippen molar-refractivity contribution < 1.29 is 13.2 Å². The predicted octanol–water partition coefficient (Wildman–Crippen LogP) is 1.78. The molecule has 1 heterocycles. The van der Waals surface area contributed by atoms with Gasteiger partial charge in [0.2, 0.25) is 10.0 Å². The second kappa shape index (κ2) is 7.11. The molecule has 0 unspecified atom stereocenters. The number of carbonyl (C=O) groups excluding carboxylic acids is 1. The van der Waals surface area contributed by atoms with Crippen molar-refractivity contribution in [3.05, 3.63) is 35.9 Å². The van der Waals surface area contributed by atoms with Crippen LogP contribution in [0.1, 0.15) is 31.2 Å². The number of rotatable bonds is 5. The van der Waals surface area contributed by atoms with Crippen molar-refractivity contribution in [2.45, 2.75) is 43.5 Å². The molecule has 24 heavy (non-hydrogen) atoms. The van der Waals surface area contributed by atoms with Gasteiger partial charge < -0.3 is 10.2 Å². The first-order valence-corrected chi connectivity index (χ1v) is 10.0. The molecule has 6 nitrogen and oxygen atoms in total. The van der Waals surface area contributed by atoms with Crippen LogP contribution in [0.25, 0.3) is 0 Å². The summed E-state index contributed by atoms with van der Waals surface area (Å²) in [6, 6.07) is 9.53. The van der Waals surface area contributed by atoms with Crippen LogP contribution in [0.3, 0.4) is 0 Å². The Hall–Kier alpha value is -1.60. The molecule has 0 aromatic heterocycles. The number of piperidine rings is 1. The molecular formula is C17H25N3O3S. The first kappa shape index (κ1) is 17.2. The van der Waals surface area contributed by atoms with E-state index in [1.54, 1.807) is 16.3 Å². The zero-order chi connectivity index (χ0) is 17.2. The SMILES string of the molecule is CN(Cc1ccccc1)C(=O)N[C@@H]1CCCN(S(=O)(=O)C2CC2)C1. The van der Waals surface area contributed by atoms with Crippen LogP contribution >= 0.6 is 0 Å². The summed E-state index contributed by atoms with van der Waals surface area (Å²) in [6.45, 7) is 1.50. The summed E-state index contributed by atoms with van der Waals surface area (Å²) in [4.78, 5) is 14.0. The van der Waals surface area contributed by atoms with E-state index < -0.39 is 10.0 Å². The molecule has 1 N–H and O–H groups in total. The maximum absolute atomic E-state index is 12.4. The average Bonchev–Trinajstić information content (AvgIpc) is 3.41. The van der Waals surface area contributed by atoms with Crippen molar-refractivity contribution >= 4 is 16.1 Å². The molecule has 132 valence electrons. The van der Waals surface area contributed by atoms with Gasteiger partial charge in [-0.2, -0.15) is 4.31 Å². The van der Waals surface area contributed by atoms with E-state index in [0.29, 0.717) is 19.6 Å². The van der Waals surface area contributed by atoms with Gasteiger partial charge in [0.1, 0.15) is 0 Å². The molecule has 1 aromatic carbocycles.